The van der Waals surface area contributed by atoms with Gasteiger partial charge in [0.25, 0.3) is 5.56 Å². The van der Waals surface area contributed by atoms with Crippen molar-refractivity contribution in [1.82, 2.24) is 13.7 Å². The molecule has 2 aromatic carbocycles. The molecule has 0 spiro atoms. The van der Waals surface area contributed by atoms with E-state index >= 15 is 0 Å². The van der Waals surface area contributed by atoms with Crippen LogP contribution in [0.4, 0.5) is 5.69 Å². The summed E-state index contributed by atoms with van der Waals surface area (Å²) in [5, 5.41) is 0.748. The van der Waals surface area contributed by atoms with Gasteiger partial charge in [0.05, 0.1) is 38.7 Å². The lowest BCUT2D eigenvalue weighted by Crippen LogP contribution is -2.37. The van der Waals surface area contributed by atoms with Crippen LogP contribution in [0.1, 0.15) is 23.3 Å². The van der Waals surface area contributed by atoms with Crippen molar-refractivity contribution in [2.75, 3.05) is 5.73 Å². The molecule has 1 atom stereocenters. The van der Waals surface area contributed by atoms with Gasteiger partial charge in [-0.2, -0.15) is 0 Å². The van der Waals surface area contributed by atoms with Crippen LogP contribution >= 0.6 is 11.6 Å². The highest BCUT2D eigenvalue weighted by molar-refractivity contribution is 6.33. The smallest absolute Gasteiger partial charge is 0.331 e. The predicted octanol–water partition coefficient (Wildman–Crippen LogP) is 4.31. The molecule has 0 saturated carbocycles. The number of halogens is 1. The Morgan fingerprint density at radius 3 is 2.43 bits per heavy atom. The lowest BCUT2D eigenvalue weighted by Gasteiger charge is -2.29. The molecular weight excluding hydrogens is 468 g/mol. The second-order valence-corrected chi connectivity index (χ2v) is 9.06. The van der Waals surface area contributed by atoms with E-state index in [1.807, 2.05) is 54.0 Å². The normalized spacial score (nSPS) is 14.6. The molecule has 6 rings (SSSR count). The summed E-state index contributed by atoms with van der Waals surface area (Å²) in [4.78, 5) is 26.7. The highest BCUT2D eigenvalue weighted by Crippen LogP contribution is 2.48. The van der Waals surface area contributed by atoms with E-state index in [0.29, 0.717) is 56.0 Å². The first-order valence-corrected chi connectivity index (χ1v) is 11.4. The van der Waals surface area contributed by atoms with Gasteiger partial charge in [0, 0.05) is 20.2 Å². The molecule has 5 aromatic rings. The summed E-state index contributed by atoms with van der Waals surface area (Å²) < 4.78 is 16.9. The van der Waals surface area contributed by atoms with Crippen molar-refractivity contribution >= 4 is 28.2 Å². The van der Waals surface area contributed by atoms with Gasteiger partial charge >= 0.3 is 5.69 Å². The molecule has 3 aromatic heterocycles. The molecule has 1 aliphatic rings. The van der Waals surface area contributed by atoms with E-state index in [1.54, 1.807) is 19.2 Å². The minimum atomic E-state index is -0.741. The van der Waals surface area contributed by atoms with Gasteiger partial charge in [0.2, 0.25) is 0 Å². The summed E-state index contributed by atoms with van der Waals surface area (Å²) in [5.41, 5.74) is 8.75. The zero-order valence-electron chi connectivity index (χ0n) is 19.2. The largest absolute Gasteiger partial charge is 0.474 e. The van der Waals surface area contributed by atoms with Gasteiger partial charge < -0.3 is 19.5 Å². The Kier molecular flexibility index (Phi) is 4.53. The van der Waals surface area contributed by atoms with Crippen LogP contribution in [0.5, 0.6) is 5.75 Å². The molecule has 0 fully saturated rings. The fourth-order valence-corrected chi connectivity index (χ4v) is 5.01. The Labute approximate surface area is 204 Å². The zero-order valence-corrected chi connectivity index (χ0v) is 20.0. The number of benzene rings is 2. The van der Waals surface area contributed by atoms with Crippen molar-refractivity contribution in [3.63, 3.8) is 0 Å². The second kappa shape index (κ2) is 7.41. The number of furan rings is 1. The maximum Gasteiger partial charge on any atom is 0.331 e. The van der Waals surface area contributed by atoms with Gasteiger partial charge in [-0.1, -0.05) is 41.9 Å². The molecule has 0 amide bonds. The van der Waals surface area contributed by atoms with E-state index in [-0.39, 0.29) is 0 Å². The number of hydrogen-bond acceptors (Lipinski definition) is 5. The van der Waals surface area contributed by atoms with Crippen LogP contribution in [0.3, 0.4) is 0 Å². The summed E-state index contributed by atoms with van der Waals surface area (Å²) in [6, 6.07) is 16.6. The summed E-state index contributed by atoms with van der Waals surface area (Å²) >= 11 is 6.45. The minimum Gasteiger partial charge on any atom is -0.474 e. The minimum absolute atomic E-state index is 0.351. The van der Waals surface area contributed by atoms with Crippen molar-refractivity contribution in [2.45, 2.75) is 13.0 Å². The van der Waals surface area contributed by atoms with Crippen LogP contribution in [0.2, 0.25) is 5.02 Å². The number of ether oxygens (including phenoxy) is 1. The quantitative estimate of drug-likeness (QED) is 0.373. The summed E-state index contributed by atoms with van der Waals surface area (Å²) in [7, 11) is 3.13. The first kappa shape index (κ1) is 21.4. The Hall–Kier alpha value is -4.17. The topological polar surface area (TPSA) is 97.3 Å². The highest BCUT2D eigenvalue weighted by Gasteiger charge is 2.38. The average molecular weight is 489 g/mol. The fourth-order valence-electron chi connectivity index (χ4n) is 4.85. The third kappa shape index (κ3) is 2.93. The third-order valence-electron chi connectivity index (χ3n) is 6.49. The molecule has 0 aliphatic carbocycles. The monoisotopic (exact) mass is 488 g/mol. The lowest BCUT2D eigenvalue weighted by atomic mass is 10.1. The van der Waals surface area contributed by atoms with E-state index in [1.165, 1.54) is 11.6 Å². The van der Waals surface area contributed by atoms with Gasteiger partial charge in [-0.3, -0.25) is 13.9 Å². The van der Waals surface area contributed by atoms with Crippen molar-refractivity contribution in [3.05, 3.63) is 97.7 Å². The molecule has 0 radical (unpaired) electrons. The molecule has 0 bridgehead atoms. The summed E-state index contributed by atoms with van der Waals surface area (Å²) in [6.45, 7) is 1.84. The van der Waals surface area contributed by atoms with E-state index in [0.717, 1.165) is 10.1 Å². The third-order valence-corrected chi connectivity index (χ3v) is 6.81. The van der Waals surface area contributed by atoms with E-state index in [4.69, 9.17) is 26.5 Å². The van der Waals surface area contributed by atoms with Gasteiger partial charge in [0.15, 0.2) is 11.9 Å². The maximum atomic E-state index is 13.6. The molecule has 1 aliphatic heterocycles. The van der Waals surface area contributed by atoms with Crippen LogP contribution in [-0.2, 0) is 14.1 Å². The standard InChI is InChI=1S/C26H21ClN4O4/c1-13-9-10-18(34-13)24-23-22-20(25(32)30(3)26(33)29(22)2)21(14-7-5-4-6-8-14)31(23)17-11-15(27)16(28)12-19(17)35-24/h4-12,24H,28H2,1-3H3. The number of aromatic nitrogens is 3. The van der Waals surface area contributed by atoms with Crippen molar-refractivity contribution in [2.24, 2.45) is 14.1 Å². The molecule has 9 heteroatoms. The van der Waals surface area contributed by atoms with Crippen LogP contribution < -0.4 is 21.7 Å². The Morgan fingerprint density at radius 2 is 1.74 bits per heavy atom. The molecule has 35 heavy (non-hydrogen) atoms. The number of anilines is 1. The van der Waals surface area contributed by atoms with Gasteiger partial charge in [-0.25, -0.2) is 4.79 Å². The summed E-state index contributed by atoms with van der Waals surface area (Å²) in [6.07, 6.45) is -0.741. The Bertz CT molecular complexity index is 1780. The number of nitrogen functional groups attached to an aromatic ring is 1. The average Bonchev–Trinajstić information content (AvgIpc) is 3.44. The van der Waals surface area contributed by atoms with Crippen LogP contribution in [0.15, 0.2) is 68.6 Å². The molecular formula is C26H21ClN4O4. The van der Waals surface area contributed by atoms with E-state index in [9.17, 15) is 9.59 Å². The molecule has 1 unspecified atom stereocenters. The molecule has 2 N–H and O–H groups in total. The van der Waals surface area contributed by atoms with Crippen LogP contribution in [-0.4, -0.2) is 13.7 Å². The number of fused-ring (bicyclic) bond motifs is 5. The molecule has 8 nitrogen and oxygen atoms in total. The second-order valence-electron chi connectivity index (χ2n) is 8.65. The number of aryl methyl sites for hydroxylation is 2. The van der Waals surface area contributed by atoms with Gasteiger partial charge in [0.1, 0.15) is 11.5 Å². The molecule has 0 saturated heterocycles. The van der Waals surface area contributed by atoms with Crippen molar-refractivity contribution in [1.29, 1.82) is 0 Å². The van der Waals surface area contributed by atoms with E-state index < -0.39 is 17.4 Å². The molecule has 176 valence electrons. The SMILES string of the molecule is Cc1ccc(C2Oc3cc(N)c(Cl)cc3-n3c(-c4ccccc4)c4c(=O)n(C)c(=O)n(C)c4c32)o1. The Balaban J connectivity index is 1.89. The first-order valence-electron chi connectivity index (χ1n) is 11.0. The van der Waals surface area contributed by atoms with Crippen molar-refractivity contribution in [3.8, 4) is 22.7 Å². The maximum absolute atomic E-state index is 13.6. The van der Waals surface area contributed by atoms with Gasteiger partial charge in [-0.05, 0) is 30.7 Å². The fraction of sp³-hybridized carbons (Fsp3) is 0.154. The number of hydrogen-bond donors (Lipinski definition) is 1. The number of rotatable bonds is 2. The van der Waals surface area contributed by atoms with Gasteiger partial charge in [-0.15, -0.1) is 0 Å². The molecule has 4 heterocycles. The van der Waals surface area contributed by atoms with Crippen LogP contribution in [0.25, 0.3) is 27.8 Å². The first-order chi connectivity index (χ1) is 16.8. The van der Waals surface area contributed by atoms with Crippen molar-refractivity contribution < 1.29 is 9.15 Å². The van der Waals surface area contributed by atoms with E-state index in [2.05, 4.69) is 0 Å². The number of nitrogens with zero attached hydrogens (tertiary/aromatic N) is 3. The zero-order chi connectivity index (χ0) is 24.6. The number of nitrogens with two attached hydrogens (primary N) is 1. The highest BCUT2D eigenvalue weighted by atomic mass is 35.5. The Morgan fingerprint density at radius 1 is 1.00 bits per heavy atom. The lowest BCUT2D eigenvalue weighted by molar-refractivity contribution is 0.197. The summed E-state index contributed by atoms with van der Waals surface area (Å²) in [5.74, 6) is 1.73. The predicted molar refractivity (Wildman–Crippen MR) is 135 cm³/mol. The van der Waals surface area contributed by atoms with Crippen LogP contribution in [0, 0.1) is 6.92 Å².